The van der Waals surface area contributed by atoms with Crippen molar-refractivity contribution in [3.05, 3.63) is 54.7 Å². The van der Waals surface area contributed by atoms with Gasteiger partial charge in [-0.25, -0.2) is 9.37 Å². The molecule has 33 heavy (non-hydrogen) atoms. The number of rotatable bonds is 7. The molecule has 1 aliphatic rings. The molecule has 3 aromatic heterocycles. The monoisotopic (exact) mass is 448 g/mol. The van der Waals surface area contributed by atoms with Crippen LogP contribution in [0.2, 0.25) is 0 Å². The summed E-state index contributed by atoms with van der Waals surface area (Å²) in [4.78, 5) is 4.69. The summed E-state index contributed by atoms with van der Waals surface area (Å²) < 4.78 is 23.6. The second-order valence-corrected chi connectivity index (χ2v) is 8.73. The maximum atomic E-state index is 13.9. The second-order valence-electron chi connectivity index (χ2n) is 8.73. The molecule has 0 radical (unpaired) electrons. The van der Waals surface area contributed by atoms with Crippen LogP contribution in [0.5, 0.6) is 5.75 Å². The first-order valence-electron chi connectivity index (χ1n) is 11.6. The Hall–Kier alpha value is -3.42. The number of aryl methyl sites for hydroxylation is 2. The van der Waals surface area contributed by atoms with Crippen LogP contribution in [-0.4, -0.2) is 36.7 Å². The Kier molecular flexibility index (Phi) is 5.98. The van der Waals surface area contributed by atoms with Gasteiger partial charge in [0.05, 0.1) is 17.8 Å². The molecule has 0 spiro atoms. The number of hydrogen-bond donors (Lipinski definition) is 1. The molecule has 1 aliphatic carbocycles. The predicted molar refractivity (Wildman–Crippen MR) is 127 cm³/mol. The van der Waals surface area contributed by atoms with E-state index in [9.17, 15) is 4.39 Å². The standard InChI is InChI=1S/C25H29FN6O/c1-3-12-32-22-13-24(27-15-20(22)25(30-32)17-14-28-31(2)16-17)29-18-8-10-19(11-9-18)33-23-7-5-4-6-21(23)26/h4-7,13-16,18-19H,3,8-12H2,1-2H3,(H,27,29). The summed E-state index contributed by atoms with van der Waals surface area (Å²) in [6.45, 7) is 3.00. The molecular weight excluding hydrogens is 419 g/mol. The summed E-state index contributed by atoms with van der Waals surface area (Å²) in [5.41, 5.74) is 2.98. The lowest BCUT2D eigenvalue weighted by molar-refractivity contribution is 0.144. The number of pyridine rings is 1. The highest BCUT2D eigenvalue weighted by molar-refractivity contribution is 5.93. The van der Waals surface area contributed by atoms with E-state index >= 15 is 0 Å². The molecule has 7 nitrogen and oxygen atoms in total. The number of hydrogen-bond acceptors (Lipinski definition) is 5. The van der Waals surface area contributed by atoms with Crippen molar-refractivity contribution in [3.63, 3.8) is 0 Å². The number of nitrogens with zero attached hydrogens (tertiary/aromatic N) is 5. The first-order valence-corrected chi connectivity index (χ1v) is 11.6. The zero-order valence-corrected chi connectivity index (χ0v) is 19.0. The Labute approximate surface area is 192 Å². The number of para-hydroxylation sites is 1. The van der Waals surface area contributed by atoms with Gasteiger partial charge < -0.3 is 10.1 Å². The SMILES string of the molecule is CCCn1nc(-c2cnn(C)c2)c2cnc(NC3CCC(Oc4ccccc4F)CC3)cc21. The highest BCUT2D eigenvalue weighted by atomic mass is 19.1. The quantitative estimate of drug-likeness (QED) is 0.422. The highest BCUT2D eigenvalue weighted by Crippen LogP contribution is 2.31. The van der Waals surface area contributed by atoms with Crippen LogP contribution in [0.4, 0.5) is 10.2 Å². The minimum atomic E-state index is -0.301. The molecule has 1 aromatic carbocycles. The van der Waals surface area contributed by atoms with E-state index in [0.717, 1.165) is 66.6 Å². The number of nitrogens with one attached hydrogen (secondary N) is 1. The molecule has 0 atom stereocenters. The van der Waals surface area contributed by atoms with E-state index in [0.29, 0.717) is 11.8 Å². The lowest BCUT2D eigenvalue weighted by atomic mass is 9.93. The lowest BCUT2D eigenvalue weighted by Gasteiger charge is -2.30. The summed E-state index contributed by atoms with van der Waals surface area (Å²) in [6, 6.07) is 9.02. The molecule has 0 saturated heterocycles. The fraction of sp³-hybridized carbons (Fsp3) is 0.400. The van der Waals surface area contributed by atoms with E-state index in [1.807, 2.05) is 25.6 Å². The van der Waals surface area contributed by atoms with Gasteiger partial charge in [0.15, 0.2) is 11.6 Å². The molecule has 1 N–H and O–H groups in total. The maximum absolute atomic E-state index is 13.9. The van der Waals surface area contributed by atoms with E-state index in [1.165, 1.54) is 6.07 Å². The highest BCUT2D eigenvalue weighted by Gasteiger charge is 2.24. The smallest absolute Gasteiger partial charge is 0.165 e. The van der Waals surface area contributed by atoms with Gasteiger partial charge in [-0.1, -0.05) is 19.1 Å². The average molecular weight is 449 g/mol. The van der Waals surface area contributed by atoms with Crippen molar-refractivity contribution in [3.8, 4) is 17.0 Å². The molecule has 4 aromatic rings. The van der Waals surface area contributed by atoms with Gasteiger partial charge in [0, 0.05) is 49.0 Å². The molecular formula is C25H29FN6O. The number of halogens is 1. The first kappa shape index (κ1) is 21.4. The molecule has 1 saturated carbocycles. The summed E-state index contributed by atoms with van der Waals surface area (Å²) in [6.07, 6.45) is 10.4. The van der Waals surface area contributed by atoms with Crippen LogP contribution in [0.1, 0.15) is 39.0 Å². The van der Waals surface area contributed by atoms with Gasteiger partial charge in [0.2, 0.25) is 0 Å². The van der Waals surface area contributed by atoms with E-state index < -0.39 is 0 Å². The third kappa shape index (κ3) is 4.55. The van der Waals surface area contributed by atoms with Gasteiger partial charge >= 0.3 is 0 Å². The number of fused-ring (bicyclic) bond motifs is 1. The van der Waals surface area contributed by atoms with Crippen molar-refractivity contribution in [1.29, 1.82) is 0 Å². The van der Waals surface area contributed by atoms with E-state index in [4.69, 9.17) is 14.8 Å². The fourth-order valence-electron chi connectivity index (χ4n) is 4.54. The number of benzene rings is 1. The average Bonchev–Trinajstić information content (AvgIpc) is 3.40. The van der Waals surface area contributed by atoms with Crippen molar-refractivity contribution in [1.82, 2.24) is 24.5 Å². The molecule has 172 valence electrons. The summed E-state index contributed by atoms with van der Waals surface area (Å²) >= 11 is 0. The lowest BCUT2D eigenvalue weighted by Crippen LogP contribution is -2.31. The Morgan fingerprint density at radius 1 is 1.15 bits per heavy atom. The third-order valence-corrected chi connectivity index (χ3v) is 6.21. The normalized spacial score (nSPS) is 18.5. The zero-order valence-electron chi connectivity index (χ0n) is 19.0. The molecule has 0 aliphatic heterocycles. The van der Waals surface area contributed by atoms with Crippen LogP contribution >= 0.6 is 0 Å². The van der Waals surface area contributed by atoms with Crippen LogP contribution < -0.4 is 10.1 Å². The van der Waals surface area contributed by atoms with E-state index in [-0.39, 0.29) is 11.9 Å². The summed E-state index contributed by atoms with van der Waals surface area (Å²) in [5, 5.41) is 13.8. The van der Waals surface area contributed by atoms with Crippen LogP contribution in [0.25, 0.3) is 22.2 Å². The number of aromatic nitrogens is 5. The summed E-state index contributed by atoms with van der Waals surface area (Å²) in [7, 11) is 1.91. The molecule has 0 amide bonds. The van der Waals surface area contributed by atoms with E-state index in [1.54, 1.807) is 22.9 Å². The largest absolute Gasteiger partial charge is 0.487 e. The Balaban J connectivity index is 1.29. The summed E-state index contributed by atoms with van der Waals surface area (Å²) in [5.74, 6) is 0.898. The Bertz CT molecular complexity index is 1240. The first-order chi connectivity index (χ1) is 16.1. The number of ether oxygens (including phenoxy) is 1. The number of anilines is 1. The van der Waals surface area contributed by atoms with Crippen LogP contribution in [0.15, 0.2) is 48.9 Å². The van der Waals surface area contributed by atoms with Crippen LogP contribution in [0.3, 0.4) is 0 Å². The molecule has 3 heterocycles. The topological polar surface area (TPSA) is 69.8 Å². The Morgan fingerprint density at radius 2 is 1.97 bits per heavy atom. The minimum absolute atomic E-state index is 0.0448. The van der Waals surface area contributed by atoms with Gasteiger partial charge in [0.1, 0.15) is 11.5 Å². The molecule has 5 rings (SSSR count). The van der Waals surface area contributed by atoms with E-state index in [2.05, 4.69) is 28.1 Å². The fourth-order valence-corrected chi connectivity index (χ4v) is 4.54. The van der Waals surface area contributed by atoms with Crippen molar-refractivity contribution < 1.29 is 9.13 Å². The van der Waals surface area contributed by atoms with Gasteiger partial charge in [0.25, 0.3) is 0 Å². The van der Waals surface area contributed by atoms with Gasteiger partial charge in [-0.2, -0.15) is 10.2 Å². The molecule has 0 unspecified atom stereocenters. The zero-order chi connectivity index (χ0) is 22.8. The second kappa shape index (κ2) is 9.21. The molecule has 1 fully saturated rings. The van der Waals surface area contributed by atoms with Crippen molar-refractivity contribution in [2.75, 3.05) is 5.32 Å². The van der Waals surface area contributed by atoms with Gasteiger partial charge in [-0.3, -0.25) is 9.36 Å². The Morgan fingerprint density at radius 3 is 2.70 bits per heavy atom. The van der Waals surface area contributed by atoms with Crippen molar-refractivity contribution >= 4 is 16.7 Å². The molecule has 0 bridgehead atoms. The predicted octanol–water partition coefficient (Wildman–Crippen LogP) is 5.18. The van der Waals surface area contributed by atoms with Gasteiger partial charge in [-0.05, 0) is 44.2 Å². The van der Waals surface area contributed by atoms with Crippen LogP contribution in [0, 0.1) is 5.82 Å². The third-order valence-electron chi connectivity index (χ3n) is 6.21. The van der Waals surface area contributed by atoms with Gasteiger partial charge in [-0.15, -0.1) is 0 Å². The van der Waals surface area contributed by atoms with Crippen LogP contribution in [-0.2, 0) is 13.6 Å². The minimum Gasteiger partial charge on any atom is -0.487 e. The molecule has 8 heteroatoms. The van der Waals surface area contributed by atoms with Crippen molar-refractivity contribution in [2.24, 2.45) is 7.05 Å². The van der Waals surface area contributed by atoms with Crippen molar-refractivity contribution in [2.45, 2.75) is 57.7 Å². The maximum Gasteiger partial charge on any atom is 0.165 e.